The first kappa shape index (κ1) is 24.8. The first-order valence-electron chi connectivity index (χ1n) is 10.7. The van der Waals surface area contributed by atoms with E-state index in [2.05, 4.69) is 0 Å². The standard InChI is InChI=1S/C24H26O11/c1-30-15-8-18(32-3)17(31-2)7-13(15)14-10-33-16-6-11(4-5-12(16)20(14)26)34-24-23(29)22(28)21(27)19(9-25)35-24/h4-8,10,19,21-25,27-29H,9H2,1-3H3/t19-,21-,22+,23-,24-/m1/s1. The fourth-order valence-corrected chi connectivity index (χ4v) is 3.91. The van der Waals surface area contributed by atoms with Crippen LogP contribution in [0.15, 0.2) is 45.8 Å². The Morgan fingerprint density at radius 1 is 0.857 bits per heavy atom. The largest absolute Gasteiger partial charge is 0.496 e. The van der Waals surface area contributed by atoms with Gasteiger partial charge in [-0.15, -0.1) is 0 Å². The van der Waals surface area contributed by atoms with Crippen molar-refractivity contribution in [3.8, 4) is 34.1 Å². The topological polar surface area (TPSA) is 157 Å². The second-order valence-electron chi connectivity index (χ2n) is 7.86. The lowest BCUT2D eigenvalue weighted by Crippen LogP contribution is -2.60. The summed E-state index contributed by atoms with van der Waals surface area (Å²) in [5.74, 6) is 1.40. The number of hydrogen-bond acceptors (Lipinski definition) is 11. The van der Waals surface area contributed by atoms with Crippen LogP contribution in [0.5, 0.6) is 23.0 Å². The van der Waals surface area contributed by atoms with E-state index in [0.717, 1.165) is 0 Å². The molecule has 4 N–H and O–H groups in total. The molecule has 2 heterocycles. The minimum Gasteiger partial charge on any atom is -0.496 e. The van der Waals surface area contributed by atoms with Crippen molar-refractivity contribution in [2.45, 2.75) is 30.7 Å². The highest BCUT2D eigenvalue weighted by Gasteiger charge is 2.44. The molecule has 5 atom stereocenters. The second kappa shape index (κ2) is 10.1. The normalized spacial score (nSPS) is 24.3. The van der Waals surface area contributed by atoms with Gasteiger partial charge in [-0.25, -0.2) is 0 Å². The number of ether oxygens (including phenoxy) is 5. The fourth-order valence-electron chi connectivity index (χ4n) is 3.91. The molecule has 35 heavy (non-hydrogen) atoms. The Labute approximate surface area is 199 Å². The molecule has 0 spiro atoms. The van der Waals surface area contributed by atoms with E-state index < -0.39 is 37.3 Å². The number of aliphatic hydroxyl groups is 4. The molecule has 11 nitrogen and oxygen atoms in total. The van der Waals surface area contributed by atoms with Gasteiger partial charge in [-0.2, -0.15) is 0 Å². The van der Waals surface area contributed by atoms with Crippen molar-refractivity contribution >= 4 is 11.0 Å². The van der Waals surface area contributed by atoms with E-state index in [0.29, 0.717) is 22.8 Å². The molecule has 11 heteroatoms. The van der Waals surface area contributed by atoms with Crippen LogP contribution in [0.1, 0.15) is 0 Å². The Morgan fingerprint density at radius 3 is 2.20 bits per heavy atom. The predicted octanol–water partition coefficient (Wildman–Crippen LogP) is 0.664. The molecule has 0 aliphatic carbocycles. The van der Waals surface area contributed by atoms with Crippen LogP contribution < -0.4 is 24.4 Å². The minimum atomic E-state index is -1.58. The molecule has 1 saturated heterocycles. The quantitative estimate of drug-likeness (QED) is 0.369. The van der Waals surface area contributed by atoms with Crippen LogP contribution in [0, 0.1) is 0 Å². The van der Waals surface area contributed by atoms with Crippen LogP contribution >= 0.6 is 0 Å². The maximum absolute atomic E-state index is 13.3. The number of aliphatic hydroxyl groups excluding tert-OH is 4. The maximum atomic E-state index is 13.3. The Bertz CT molecular complexity index is 1250. The van der Waals surface area contributed by atoms with E-state index in [-0.39, 0.29) is 27.7 Å². The smallest absolute Gasteiger partial charge is 0.229 e. The highest BCUT2D eigenvalue weighted by molar-refractivity contribution is 5.84. The van der Waals surface area contributed by atoms with E-state index in [4.69, 9.17) is 28.1 Å². The third-order valence-electron chi connectivity index (χ3n) is 5.84. The molecule has 0 saturated carbocycles. The molecule has 0 amide bonds. The molecule has 188 valence electrons. The first-order chi connectivity index (χ1) is 16.8. The van der Waals surface area contributed by atoms with Gasteiger partial charge in [-0.05, 0) is 18.2 Å². The number of benzene rings is 2. The molecule has 0 bridgehead atoms. The zero-order chi connectivity index (χ0) is 25.3. The monoisotopic (exact) mass is 490 g/mol. The van der Waals surface area contributed by atoms with Crippen LogP contribution in [0.25, 0.3) is 22.1 Å². The summed E-state index contributed by atoms with van der Waals surface area (Å²) in [5.41, 5.74) is 0.539. The molecular formula is C24H26O11. The lowest BCUT2D eigenvalue weighted by molar-refractivity contribution is -0.277. The van der Waals surface area contributed by atoms with Crippen molar-refractivity contribution in [1.82, 2.24) is 0 Å². The highest BCUT2D eigenvalue weighted by Crippen LogP contribution is 2.39. The average Bonchev–Trinajstić information content (AvgIpc) is 2.88. The van der Waals surface area contributed by atoms with Crippen molar-refractivity contribution in [2.24, 2.45) is 0 Å². The van der Waals surface area contributed by atoms with Gasteiger partial charge in [0, 0.05) is 17.7 Å². The van der Waals surface area contributed by atoms with E-state index >= 15 is 0 Å². The Hall–Kier alpha value is -3.35. The van der Waals surface area contributed by atoms with Gasteiger partial charge in [-0.3, -0.25) is 4.79 Å². The zero-order valence-electron chi connectivity index (χ0n) is 19.2. The summed E-state index contributed by atoms with van der Waals surface area (Å²) in [6.07, 6.45) is -5.86. The summed E-state index contributed by atoms with van der Waals surface area (Å²) in [6, 6.07) is 7.60. The lowest BCUT2D eigenvalue weighted by Gasteiger charge is -2.39. The third kappa shape index (κ3) is 4.51. The number of rotatable bonds is 7. The summed E-state index contributed by atoms with van der Waals surface area (Å²) in [5, 5.41) is 39.6. The molecular weight excluding hydrogens is 464 g/mol. The number of hydrogen-bond donors (Lipinski definition) is 4. The summed E-state index contributed by atoms with van der Waals surface area (Å²) >= 11 is 0. The molecule has 1 aliphatic heterocycles. The third-order valence-corrected chi connectivity index (χ3v) is 5.84. The van der Waals surface area contributed by atoms with Crippen molar-refractivity contribution in [3.63, 3.8) is 0 Å². The molecule has 0 unspecified atom stereocenters. The van der Waals surface area contributed by atoms with Gasteiger partial charge in [0.05, 0.1) is 38.9 Å². The molecule has 1 fully saturated rings. The summed E-state index contributed by atoms with van der Waals surface area (Å²) < 4.78 is 32.7. The van der Waals surface area contributed by atoms with Gasteiger partial charge in [0.1, 0.15) is 47.8 Å². The van der Waals surface area contributed by atoms with Gasteiger partial charge in [0.2, 0.25) is 11.7 Å². The van der Waals surface area contributed by atoms with E-state index in [1.54, 1.807) is 12.1 Å². The first-order valence-corrected chi connectivity index (χ1v) is 10.7. The van der Waals surface area contributed by atoms with E-state index in [1.165, 1.54) is 45.8 Å². The molecule has 4 rings (SSSR count). The maximum Gasteiger partial charge on any atom is 0.229 e. The summed E-state index contributed by atoms with van der Waals surface area (Å²) in [4.78, 5) is 13.3. The lowest BCUT2D eigenvalue weighted by atomic mass is 9.99. The number of methoxy groups -OCH3 is 3. The molecule has 1 aromatic heterocycles. The van der Waals surface area contributed by atoms with E-state index in [9.17, 15) is 25.2 Å². The number of fused-ring (bicyclic) bond motifs is 1. The SMILES string of the molecule is COc1cc(OC)c(-c2coc3cc(O[C@@H]4O[C@H](CO)[C@@H](O)[C@H](O)[C@H]4O)ccc3c2=O)cc1OC. The molecule has 3 aromatic rings. The van der Waals surface area contributed by atoms with Crippen molar-refractivity contribution in [1.29, 1.82) is 0 Å². The molecule has 1 aliphatic rings. The van der Waals surface area contributed by atoms with Crippen LogP contribution in [-0.4, -0.2) is 79.1 Å². The van der Waals surface area contributed by atoms with Crippen LogP contribution in [0.4, 0.5) is 0 Å². The molecule has 2 aromatic carbocycles. The second-order valence-corrected chi connectivity index (χ2v) is 7.86. The van der Waals surface area contributed by atoms with Crippen LogP contribution in [0.2, 0.25) is 0 Å². The average molecular weight is 490 g/mol. The predicted molar refractivity (Wildman–Crippen MR) is 122 cm³/mol. The van der Waals surface area contributed by atoms with Crippen molar-refractivity contribution < 1.29 is 48.5 Å². The summed E-state index contributed by atoms with van der Waals surface area (Å²) in [6.45, 7) is -0.584. The zero-order valence-corrected chi connectivity index (χ0v) is 19.2. The minimum absolute atomic E-state index is 0.168. The van der Waals surface area contributed by atoms with Gasteiger partial charge in [-0.1, -0.05) is 0 Å². The van der Waals surface area contributed by atoms with Gasteiger partial charge < -0.3 is 48.5 Å². The van der Waals surface area contributed by atoms with Gasteiger partial charge >= 0.3 is 0 Å². The van der Waals surface area contributed by atoms with E-state index in [1.807, 2.05) is 0 Å². The molecule has 0 radical (unpaired) electrons. The van der Waals surface area contributed by atoms with Crippen molar-refractivity contribution in [3.05, 3.63) is 46.8 Å². The van der Waals surface area contributed by atoms with Crippen LogP contribution in [-0.2, 0) is 4.74 Å². The van der Waals surface area contributed by atoms with Crippen LogP contribution in [0.3, 0.4) is 0 Å². The Morgan fingerprint density at radius 2 is 1.54 bits per heavy atom. The highest BCUT2D eigenvalue weighted by atomic mass is 16.7. The Kier molecular flexibility index (Phi) is 7.15. The van der Waals surface area contributed by atoms with Gasteiger partial charge in [0.25, 0.3) is 0 Å². The fraction of sp³-hybridized carbons (Fsp3) is 0.375. The van der Waals surface area contributed by atoms with Crippen molar-refractivity contribution in [2.75, 3.05) is 27.9 Å². The Balaban J connectivity index is 1.68. The van der Waals surface area contributed by atoms with Gasteiger partial charge in [0.15, 0.2) is 11.5 Å². The summed E-state index contributed by atoms with van der Waals surface area (Å²) in [7, 11) is 4.44.